The molecule has 1 amide bonds. The molecule has 3 N–H and O–H groups in total. The molecule has 98 valence electrons. The summed E-state index contributed by atoms with van der Waals surface area (Å²) in [5.41, 5.74) is 9.46. The highest BCUT2D eigenvalue weighted by Gasteiger charge is 2.11. The van der Waals surface area contributed by atoms with Crippen molar-refractivity contribution in [1.29, 1.82) is 0 Å². The number of primary amides is 1. The standard InChI is InChI=1S/C15H12N4O/c16-15(20)12-3-1-2-11(8-12)14-13(9-18-19-14)10-4-6-17-7-5-10/h1-9H,(H2,16,20)(H,18,19). The highest BCUT2D eigenvalue weighted by Crippen LogP contribution is 2.29. The third-order valence-electron chi connectivity index (χ3n) is 3.07. The monoisotopic (exact) mass is 264 g/mol. The molecular weight excluding hydrogens is 252 g/mol. The maximum atomic E-state index is 11.3. The molecule has 1 aromatic carbocycles. The highest BCUT2D eigenvalue weighted by molar-refractivity contribution is 5.94. The zero-order valence-electron chi connectivity index (χ0n) is 10.6. The Morgan fingerprint density at radius 2 is 1.90 bits per heavy atom. The smallest absolute Gasteiger partial charge is 0.248 e. The van der Waals surface area contributed by atoms with Crippen LogP contribution in [0.2, 0.25) is 0 Å². The van der Waals surface area contributed by atoms with E-state index in [1.807, 2.05) is 18.2 Å². The van der Waals surface area contributed by atoms with Crippen LogP contribution in [0.5, 0.6) is 0 Å². The summed E-state index contributed by atoms with van der Waals surface area (Å²) in [6.45, 7) is 0. The minimum Gasteiger partial charge on any atom is -0.366 e. The molecule has 0 aliphatic heterocycles. The number of nitrogens with two attached hydrogens (primary N) is 1. The molecule has 0 aliphatic rings. The third-order valence-corrected chi connectivity index (χ3v) is 3.07. The molecule has 5 nitrogen and oxygen atoms in total. The largest absolute Gasteiger partial charge is 0.366 e. The number of aromatic nitrogens is 3. The van der Waals surface area contributed by atoms with E-state index in [-0.39, 0.29) is 0 Å². The van der Waals surface area contributed by atoms with E-state index in [0.717, 1.165) is 22.4 Å². The lowest BCUT2D eigenvalue weighted by molar-refractivity contribution is 0.100. The summed E-state index contributed by atoms with van der Waals surface area (Å²) in [7, 11) is 0. The number of aromatic amines is 1. The van der Waals surface area contributed by atoms with Gasteiger partial charge in [0.1, 0.15) is 0 Å². The summed E-state index contributed by atoms with van der Waals surface area (Å²) in [5, 5.41) is 7.05. The van der Waals surface area contributed by atoms with Gasteiger partial charge in [-0.15, -0.1) is 0 Å². The summed E-state index contributed by atoms with van der Waals surface area (Å²) in [5.74, 6) is -0.447. The van der Waals surface area contributed by atoms with Crippen molar-refractivity contribution in [3.05, 3.63) is 60.6 Å². The van der Waals surface area contributed by atoms with Crippen molar-refractivity contribution in [3.8, 4) is 22.4 Å². The van der Waals surface area contributed by atoms with Crippen LogP contribution in [0, 0.1) is 0 Å². The predicted octanol–water partition coefficient (Wildman–Crippen LogP) is 2.24. The second-order valence-electron chi connectivity index (χ2n) is 4.34. The van der Waals surface area contributed by atoms with Crippen molar-refractivity contribution in [2.75, 3.05) is 0 Å². The van der Waals surface area contributed by atoms with E-state index >= 15 is 0 Å². The van der Waals surface area contributed by atoms with Crippen LogP contribution in [0.1, 0.15) is 10.4 Å². The number of nitrogens with zero attached hydrogens (tertiary/aromatic N) is 2. The third kappa shape index (κ3) is 2.16. The molecule has 0 atom stereocenters. The minimum atomic E-state index is -0.447. The van der Waals surface area contributed by atoms with Gasteiger partial charge in [-0.05, 0) is 29.8 Å². The fraction of sp³-hybridized carbons (Fsp3) is 0. The number of nitrogens with one attached hydrogen (secondary N) is 1. The summed E-state index contributed by atoms with van der Waals surface area (Å²) in [4.78, 5) is 15.3. The van der Waals surface area contributed by atoms with E-state index < -0.39 is 5.91 Å². The van der Waals surface area contributed by atoms with Gasteiger partial charge in [0.05, 0.1) is 11.9 Å². The molecular formula is C15H12N4O. The van der Waals surface area contributed by atoms with Gasteiger partial charge in [-0.3, -0.25) is 14.9 Å². The van der Waals surface area contributed by atoms with Gasteiger partial charge in [-0.25, -0.2) is 0 Å². The molecule has 0 saturated heterocycles. The number of rotatable bonds is 3. The van der Waals surface area contributed by atoms with Gasteiger partial charge >= 0.3 is 0 Å². The fourth-order valence-electron chi connectivity index (χ4n) is 2.08. The van der Waals surface area contributed by atoms with Crippen LogP contribution in [-0.2, 0) is 0 Å². The molecule has 0 saturated carbocycles. The number of H-pyrrole nitrogens is 1. The van der Waals surface area contributed by atoms with Gasteiger partial charge in [0, 0.05) is 29.1 Å². The number of hydrogen-bond donors (Lipinski definition) is 2. The molecule has 0 radical (unpaired) electrons. The molecule has 0 aliphatic carbocycles. The van der Waals surface area contributed by atoms with E-state index in [4.69, 9.17) is 5.73 Å². The molecule has 0 spiro atoms. The fourth-order valence-corrected chi connectivity index (χ4v) is 2.08. The first-order valence-electron chi connectivity index (χ1n) is 6.10. The lowest BCUT2D eigenvalue weighted by Gasteiger charge is -2.04. The molecule has 3 aromatic rings. The van der Waals surface area contributed by atoms with Crippen LogP contribution in [0.4, 0.5) is 0 Å². The second kappa shape index (κ2) is 4.97. The van der Waals surface area contributed by atoms with E-state index in [0.29, 0.717) is 5.56 Å². The first-order chi connectivity index (χ1) is 9.75. The Bertz CT molecular complexity index is 749. The van der Waals surface area contributed by atoms with Crippen LogP contribution >= 0.6 is 0 Å². The number of pyridine rings is 1. The van der Waals surface area contributed by atoms with Crippen LogP contribution in [0.25, 0.3) is 22.4 Å². The average molecular weight is 264 g/mol. The zero-order valence-corrected chi connectivity index (χ0v) is 10.6. The van der Waals surface area contributed by atoms with Crippen LogP contribution in [0.15, 0.2) is 55.0 Å². The first kappa shape index (κ1) is 12.1. The summed E-state index contributed by atoms with van der Waals surface area (Å²) >= 11 is 0. The van der Waals surface area contributed by atoms with E-state index in [1.165, 1.54) is 0 Å². The SMILES string of the molecule is NC(=O)c1cccc(-c2[nH]ncc2-c2ccncc2)c1. The Morgan fingerprint density at radius 1 is 1.10 bits per heavy atom. The average Bonchev–Trinajstić information content (AvgIpc) is 2.98. The predicted molar refractivity (Wildman–Crippen MR) is 75.8 cm³/mol. The normalized spacial score (nSPS) is 10.4. The molecule has 0 bridgehead atoms. The van der Waals surface area contributed by atoms with Gasteiger partial charge < -0.3 is 5.73 Å². The van der Waals surface area contributed by atoms with Crippen LogP contribution in [0.3, 0.4) is 0 Å². The zero-order chi connectivity index (χ0) is 13.9. The van der Waals surface area contributed by atoms with E-state index in [2.05, 4.69) is 15.2 Å². The first-order valence-corrected chi connectivity index (χ1v) is 6.10. The quantitative estimate of drug-likeness (QED) is 0.760. The molecule has 20 heavy (non-hydrogen) atoms. The van der Waals surface area contributed by atoms with Crippen molar-refractivity contribution in [3.63, 3.8) is 0 Å². The Kier molecular flexibility index (Phi) is 3.01. The van der Waals surface area contributed by atoms with Crippen LogP contribution in [-0.4, -0.2) is 21.1 Å². The number of amides is 1. The molecule has 2 aromatic heterocycles. The maximum Gasteiger partial charge on any atom is 0.248 e. The van der Waals surface area contributed by atoms with Crippen molar-refractivity contribution in [1.82, 2.24) is 15.2 Å². The van der Waals surface area contributed by atoms with Crippen LogP contribution < -0.4 is 5.73 Å². The number of hydrogen-bond acceptors (Lipinski definition) is 3. The van der Waals surface area contributed by atoms with Crippen molar-refractivity contribution in [2.24, 2.45) is 5.73 Å². The van der Waals surface area contributed by atoms with E-state index in [9.17, 15) is 4.79 Å². The second-order valence-corrected chi connectivity index (χ2v) is 4.34. The number of benzene rings is 1. The molecule has 5 heteroatoms. The summed E-state index contributed by atoms with van der Waals surface area (Å²) in [6, 6.07) is 11.0. The lowest BCUT2D eigenvalue weighted by Crippen LogP contribution is -2.10. The Balaban J connectivity index is 2.10. The number of carbonyl (C=O) groups excluding carboxylic acids is 1. The van der Waals surface area contributed by atoms with Gasteiger partial charge in [-0.1, -0.05) is 12.1 Å². The minimum absolute atomic E-state index is 0.447. The van der Waals surface area contributed by atoms with E-state index in [1.54, 1.807) is 36.8 Å². The van der Waals surface area contributed by atoms with Crippen molar-refractivity contribution >= 4 is 5.91 Å². The Hall–Kier alpha value is -2.95. The Labute approximate surface area is 115 Å². The maximum absolute atomic E-state index is 11.3. The molecule has 2 heterocycles. The van der Waals surface area contributed by atoms with Gasteiger partial charge in [0.15, 0.2) is 0 Å². The summed E-state index contributed by atoms with van der Waals surface area (Å²) < 4.78 is 0. The van der Waals surface area contributed by atoms with Crippen molar-refractivity contribution < 1.29 is 4.79 Å². The lowest BCUT2D eigenvalue weighted by atomic mass is 10.0. The summed E-state index contributed by atoms with van der Waals surface area (Å²) in [6.07, 6.45) is 5.21. The highest BCUT2D eigenvalue weighted by atomic mass is 16.1. The van der Waals surface area contributed by atoms with Gasteiger partial charge in [0.25, 0.3) is 0 Å². The number of carbonyl (C=O) groups is 1. The molecule has 0 unspecified atom stereocenters. The Morgan fingerprint density at radius 3 is 2.65 bits per heavy atom. The molecule has 3 rings (SSSR count). The van der Waals surface area contributed by atoms with Crippen molar-refractivity contribution in [2.45, 2.75) is 0 Å². The molecule has 0 fully saturated rings. The topological polar surface area (TPSA) is 84.7 Å². The van der Waals surface area contributed by atoms with Gasteiger partial charge in [0.2, 0.25) is 5.91 Å². The van der Waals surface area contributed by atoms with Gasteiger partial charge in [-0.2, -0.15) is 5.10 Å².